The van der Waals surface area contributed by atoms with Gasteiger partial charge in [-0.05, 0) is 44.9 Å². The molecule has 1 aliphatic rings. The lowest BCUT2D eigenvalue weighted by Crippen LogP contribution is -2.48. The molecule has 1 saturated heterocycles. The molecule has 29 heavy (non-hydrogen) atoms. The molecule has 152 valence electrons. The normalized spacial score (nSPS) is 16.8. The summed E-state index contributed by atoms with van der Waals surface area (Å²) >= 11 is 0. The molecule has 0 atom stereocenters. The Labute approximate surface area is 170 Å². The number of aliphatic hydroxyl groups is 1. The maximum absolute atomic E-state index is 12.3. The van der Waals surface area contributed by atoms with Crippen LogP contribution < -0.4 is 5.56 Å². The molecule has 4 rings (SSSR count). The van der Waals surface area contributed by atoms with Crippen LogP contribution in [0.1, 0.15) is 29.9 Å². The van der Waals surface area contributed by atoms with Crippen molar-refractivity contribution >= 4 is 0 Å². The van der Waals surface area contributed by atoms with Crippen molar-refractivity contribution in [2.45, 2.75) is 45.4 Å². The van der Waals surface area contributed by atoms with Crippen molar-refractivity contribution in [1.82, 2.24) is 14.7 Å². The second kappa shape index (κ2) is 7.97. The van der Waals surface area contributed by atoms with E-state index < -0.39 is 5.60 Å². The van der Waals surface area contributed by atoms with E-state index in [-0.39, 0.29) is 12.1 Å². The Kier molecular flexibility index (Phi) is 5.39. The first kappa shape index (κ1) is 19.6. The summed E-state index contributed by atoms with van der Waals surface area (Å²) < 4.78 is 7.06. The molecular weight excluding hydrogens is 366 g/mol. The fourth-order valence-corrected chi connectivity index (χ4v) is 3.80. The van der Waals surface area contributed by atoms with Crippen LogP contribution in [-0.2, 0) is 13.1 Å². The summed E-state index contributed by atoms with van der Waals surface area (Å²) in [6.07, 6.45) is 1.19. The zero-order valence-electron chi connectivity index (χ0n) is 17.0. The Balaban J connectivity index is 1.44. The third-order valence-electron chi connectivity index (χ3n) is 5.62. The SMILES string of the molecule is Cc1ccc(-c2ccc(=O)n(CC3(O)CCN(Cc4ccc(C)o4)CC3)n2)cc1. The van der Waals surface area contributed by atoms with E-state index >= 15 is 0 Å². The van der Waals surface area contributed by atoms with Crippen molar-refractivity contribution < 1.29 is 9.52 Å². The van der Waals surface area contributed by atoms with Gasteiger partial charge in [-0.25, -0.2) is 4.68 Å². The number of piperidine rings is 1. The van der Waals surface area contributed by atoms with Gasteiger partial charge >= 0.3 is 0 Å². The molecule has 3 heterocycles. The van der Waals surface area contributed by atoms with Gasteiger partial charge in [-0.3, -0.25) is 9.69 Å². The molecular formula is C23H27N3O3. The molecule has 6 nitrogen and oxygen atoms in total. The van der Waals surface area contributed by atoms with Gasteiger partial charge in [0.1, 0.15) is 11.5 Å². The van der Waals surface area contributed by atoms with Crippen LogP contribution in [0.25, 0.3) is 11.3 Å². The quantitative estimate of drug-likeness (QED) is 0.721. The molecule has 0 saturated carbocycles. The van der Waals surface area contributed by atoms with Crippen LogP contribution in [0.2, 0.25) is 0 Å². The minimum absolute atomic E-state index is 0.192. The van der Waals surface area contributed by atoms with Gasteiger partial charge in [-0.1, -0.05) is 29.8 Å². The zero-order valence-corrected chi connectivity index (χ0v) is 17.0. The predicted octanol–water partition coefficient (Wildman–Crippen LogP) is 3.15. The van der Waals surface area contributed by atoms with Crippen molar-refractivity contribution in [3.8, 4) is 11.3 Å². The van der Waals surface area contributed by atoms with E-state index in [1.807, 2.05) is 50.2 Å². The Bertz CT molecular complexity index is 1030. The van der Waals surface area contributed by atoms with Crippen LogP contribution in [0.3, 0.4) is 0 Å². The Hall–Kier alpha value is -2.70. The van der Waals surface area contributed by atoms with Crippen LogP contribution in [-0.4, -0.2) is 38.5 Å². The fourth-order valence-electron chi connectivity index (χ4n) is 3.80. The number of aryl methyl sites for hydroxylation is 2. The minimum Gasteiger partial charge on any atom is -0.465 e. The highest BCUT2D eigenvalue weighted by Crippen LogP contribution is 2.25. The number of benzene rings is 1. The number of furan rings is 1. The first-order valence-electron chi connectivity index (χ1n) is 10.1. The highest BCUT2D eigenvalue weighted by Gasteiger charge is 2.33. The lowest BCUT2D eigenvalue weighted by atomic mass is 9.91. The monoisotopic (exact) mass is 393 g/mol. The highest BCUT2D eigenvalue weighted by molar-refractivity contribution is 5.58. The summed E-state index contributed by atoms with van der Waals surface area (Å²) in [5.74, 6) is 1.85. The van der Waals surface area contributed by atoms with Crippen LogP contribution in [0.15, 0.2) is 57.7 Å². The van der Waals surface area contributed by atoms with Gasteiger partial charge in [0.15, 0.2) is 0 Å². The molecule has 0 aliphatic carbocycles. The second-order valence-corrected chi connectivity index (χ2v) is 8.09. The fraction of sp³-hybridized carbons (Fsp3) is 0.391. The van der Waals surface area contributed by atoms with Crippen LogP contribution in [0.5, 0.6) is 0 Å². The van der Waals surface area contributed by atoms with Gasteiger partial charge in [-0.2, -0.15) is 5.10 Å². The van der Waals surface area contributed by atoms with Crippen molar-refractivity contribution in [2.24, 2.45) is 0 Å². The van der Waals surface area contributed by atoms with Gasteiger partial charge in [0.05, 0.1) is 24.4 Å². The molecule has 6 heteroatoms. The topological polar surface area (TPSA) is 71.5 Å². The standard InChI is InChI=1S/C23H27N3O3/c1-17-3-6-19(7-4-17)21-9-10-22(27)26(24-21)16-23(28)11-13-25(14-12-23)15-20-8-5-18(2)29-20/h3-10,28H,11-16H2,1-2H3. The molecule has 1 aliphatic heterocycles. The average Bonchev–Trinajstić information content (AvgIpc) is 3.11. The lowest BCUT2D eigenvalue weighted by Gasteiger charge is -2.37. The summed E-state index contributed by atoms with van der Waals surface area (Å²) in [6.45, 7) is 6.43. The van der Waals surface area contributed by atoms with Gasteiger partial charge < -0.3 is 9.52 Å². The Morgan fingerprint density at radius 1 is 1.03 bits per heavy atom. The number of nitrogens with zero attached hydrogens (tertiary/aromatic N) is 3. The molecule has 2 aromatic heterocycles. The zero-order chi connectivity index (χ0) is 20.4. The van der Waals surface area contributed by atoms with E-state index in [9.17, 15) is 9.90 Å². The van der Waals surface area contributed by atoms with Crippen molar-refractivity contribution in [3.05, 3.63) is 76.0 Å². The number of aromatic nitrogens is 2. The average molecular weight is 393 g/mol. The molecule has 1 N–H and O–H groups in total. The Morgan fingerprint density at radius 3 is 2.41 bits per heavy atom. The largest absolute Gasteiger partial charge is 0.465 e. The van der Waals surface area contributed by atoms with Gasteiger partial charge in [0.2, 0.25) is 0 Å². The van der Waals surface area contributed by atoms with E-state index in [1.165, 1.54) is 16.3 Å². The van der Waals surface area contributed by atoms with Gasteiger partial charge in [0.25, 0.3) is 5.56 Å². The molecule has 1 fully saturated rings. The lowest BCUT2D eigenvalue weighted by molar-refractivity contribution is -0.0399. The van der Waals surface area contributed by atoms with Gasteiger partial charge in [0, 0.05) is 24.7 Å². The predicted molar refractivity (Wildman–Crippen MR) is 112 cm³/mol. The highest BCUT2D eigenvalue weighted by atomic mass is 16.3. The summed E-state index contributed by atoms with van der Waals surface area (Å²) in [4.78, 5) is 14.6. The first-order chi connectivity index (χ1) is 13.9. The molecule has 0 spiro atoms. The molecule has 0 radical (unpaired) electrons. The maximum Gasteiger partial charge on any atom is 0.266 e. The van der Waals surface area contributed by atoms with E-state index in [2.05, 4.69) is 10.00 Å². The van der Waals surface area contributed by atoms with Crippen molar-refractivity contribution in [1.29, 1.82) is 0 Å². The maximum atomic E-state index is 12.3. The van der Waals surface area contributed by atoms with Crippen LogP contribution >= 0.6 is 0 Å². The molecule has 0 unspecified atom stereocenters. The van der Waals surface area contributed by atoms with Crippen molar-refractivity contribution in [3.63, 3.8) is 0 Å². The van der Waals surface area contributed by atoms with Crippen LogP contribution in [0, 0.1) is 13.8 Å². The third-order valence-corrected chi connectivity index (χ3v) is 5.62. The summed E-state index contributed by atoms with van der Waals surface area (Å²) in [5, 5.41) is 15.6. The van der Waals surface area contributed by atoms with Gasteiger partial charge in [-0.15, -0.1) is 0 Å². The van der Waals surface area contributed by atoms with E-state index in [4.69, 9.17) is 4.42 Å². The summed E-state index contributed by atoms with van der Waals surface area (Å²) in [7, 11) is 0. The minimum atomic E-state index is -0.932. The molecule has 0 bridgehead atoms. The third kappa shape index (κ3) is 4.66. The van der Waals surface area contributed by atoms with E-state index in [0.29, 0.717) is 12.8 Å². The second-order valence-electron chi connectivity index (χ2n) is 8.09. The number of hydrogen-bond acceptors (Lipinski definition) is 5. The molecule has 1 aromatic carbocycles. The summed E-state index contributed by atoms with van der Waals surface area (Å²) in [6, 6.07) is 15.3. The molecule has 0 amide bonds. The number of rotatable bonds is 5. The van der Waals surface area contributed by atoms with E-state index in [0.717, 1.165) is 42.4 Å². The first-order valence-corrected chi connectivity index (χ1v) is 10.1. The van der Waals surface area contributed by atoms with Crippen molar-refractivity contribution in [2.75, 3.05) is 13.1 Å². The Morgan fingerprint density at radius 2 is 1.76 bits per heavy atom. The number of hydrogen-bond donors (Lipinski definition) is 1. The van der Waals surface area contributed by atoms with E-state index in [1.54, 1.807) is 6.07 Å². The summed E-state index contributed by atoms with van der Waals surface area (Å²) in [5.41, 5.74) is 1.74. The number of likely N-dealkylation sites (tertiary alicyclic amines) is 1. The van der Waals surface area contributed by atoms with Crippen LogP contribution in [0.4, 0.5) is 0 Å². The molecule has 3 aromatic rings. The smallest absolute Gasteiger partial charge is 0.266 e.